The molecule has 1 saturated heterocycles. The third-order valence-corrected chi connectivity index (χ3v) is 5.10. The molecule has 0 aromatic heterocycles. The van der Waals surface area contributed by atoms with Crippen molar-refractivity contribution in [1.82, 2.24) is 20.9 Å². The van der Waals surface area contributed by atoms with Gasteiger partial charge in [0.2, 0.25) is 0 Å². The second-order valence-corrected chi connectivity index (χ2v) is 7.66. The maximum atomic E-state index is 12.1. The van der Waals surface area contributed by atoms with Crippen LogP contribution in [0.25, 0.3) is 0 Å². The Bertz CT molecular complexity index is 643. The van der Waals surface area contributed by atoms with Gasteiger partial charge in [-0.3, -0.25) is 14.7 Å². The van der Waals surface area contributed by atoms with Crippen molar-refractivity contribution in [1.29, 1.82) is 0 Å². The van der Waals surface area contributed by atoms with E-state index in [-0.39, 0.29) is 5.91 Å². The first kappa shape index (κ1) is 21.2. The van der Waals surface area contributed by atoms with Gasteiger partial charge in [-0.2, -0.15) is 0 Å². The average molecular weight is 374 g/mol. The summed E-state index contributed by atoms with van der Waals surface area (Å²) in [5.74, 6) is 1.37. The predicted molar refractivity (Wildman–Crippen MR) is 112 cm³/mol. The number of aliphatic imine (C=N–C) groups is 1. The molecule has 0 spiro atoms. The van der Waals surface area contributed by atoms with Crippen LogP contribution in [0.1, 0.15) is 50.0 Å². The zero-order valence-corrected chi connectivity index (χ0v) is 17.4. The van der Waals surface area contributed by atoms with Crippen LogP contribution in [0.2, 0.25) is 0 Å². The summed E-state index contributed by atoms with van der Waals surface area (Å²) in [6.45, 7) is 12.3. The van der Waals surface area contributed by atoms with E-state index >= 15 is 0 Å². The fourth-order valence-corrected chi connectivity index (χ4v) is 3.33. The van der Waals surface area contributed by atoms with Gasteiger partial charge in [-0.1, -0.05) is 26.0 Å². The molecule has 1 amide bonds. The van der Waals surface area contributed by atoms with Gasteiger partial charge in [0.1, 0.15) is 0 Å². The molecule has 0 saturated carbocycles. The third kappa shape index (κ3) is 6.24. The molecule has 1 aromatic rings. The summed E-state index contributed by atoms with van der Waals surface area (Å²) >= 11 is 0. The molecule has 1 heterocycles. The highest BCUT2D eigenvalue weighted by atomic mass is 16.1. The zero-order chi connectivity index (χ0) is 19.8. The standard InChI is InChI=1S/C21H35N5O/c1-6-10-23-20(27)18-9-7-8-17(11-18)12-24-21(22-5)25-19-14-26(15(2)3)13-16(19)4/h7-9,11,15-16,19H,6,10,12-14H2,1-5H3,(H,23,27)(H2,22,24,25). The van der Waals surface area contributed by atoms with E-state index in [0.717, 1.165) is 31.0 Å². The van der Waals surface area contributed by atoms with Crippen molar-refractivity contribution in [3.8, 4) is 0 Å². The molecule has 6 heteroatoms. The number of hydrogen-bond donors (Lipinski definition) is 3. The normalized spacial score (nSPS) is 20.7. The first-order valence-electron chi connectivity index (χ1n) is 10.0. The highest BCUT2D eigenvalue weighted by molar-refractivity contribution is 5.94. The van der Waals surface area contributed by atoms with Crippen molar-refractivity contribution in [2.24, 2.45) is 10.9 Å². The summed E-state index contributed by atoms with van der Waals surface area (Å²) in [6, 6.07) is 8.69. The molecule has 1 aromatic carbocycles. The molecule has 27 heavy (non-hydrogen) atoms. The Morgan fingerprint density at radius 1 is 1.30 bits per heavy atom. The van der Waals surface area contributed by atoms with Gasteiger partial charge >= 0.3 is 0 Å². The minimum atomic E-state index is -0.0187. The highest BCUT2D eigenvalue weighted by Gasteiger charge is 2.31. The molecule has 0 bridgehead atoms. The van der Waals surface area contributed by atoms with Crippen LogP contribution in [-0.2, 0) is 6.54 Å². The molecule has 3 N–H and O–H groups in total. The van der Waals surface area contributed by atoms with E-state index in [4.69, 9.17) is 0 Å². The Labute approximate surface area is 163 Å². The van der Waals surface area contributed by atoms with Crippen LogP contribution in [0.3, 0.4) is 0 Å². The third-order valence-electron chi connectivity index (χ3n) is 5.10. The van der Waals surface area contributed by atoms with E-state index in [1.807, 2.05) is 31.2 Å². The van der Waals surface area contributed by atoms with Crippen LogP contribution >= 0.6 is 0 Å². The Hall–Kier alpha value is -2.08. The maximum Gasteiger partial charge on any atom is 0.251 e. The van der Waals surface area contributed by atoms with Gasteiger partial charge < -0.3 is 16.0 Å². The van der Waals surface area contributed by atoms with E-state index in [2.05, 4.69) is 46.6 Å². The minimum Gasteiger partial charge on any atom is -0.352 e. The summed E-state index contributed by atoms with van der Waals surface area (Å²) < 4.78 is 0. The number of nitrogens with one attached hydrogen (secondary N) is 3. The molecule has 150 valence electrons. The van der Waals surface area contributed by atoms with E-state index in [0.29, 0.717) is 36.7 Å². The average Bonchev–Trinajstić information content (AvgIpc) is 3.04. The Balaban J connectivity index is 1.90. The number of guanidine groups is 1. The van der Waals surface area contributed by atoms with Crippen LogP contribution in [0.5, 0.6) is 0 Å². The van der Waals surface area contributed by atoms with Crippen molar-refractivity contribution >= 4 is 11.9 Å². The van der Waals surface area contributed by atoms with Crippen LogP contribution in [0.15, 0.2) is 29.3 Å². The summed E-state index contributed by atoms with van der Waals surface area (Å²) in [6.07, 6.45) is 0.933. The number of benzene rings is 1. The van der Waals surface area contributed by atoms with Crippen LogP contribution in [-0.4, -0.2) is 55.5 Å². The fraction of sp³-hybridized carbons (Fsp3) is 0.619. The van der Waals surface area contributed by atoms with Gasteiger partial charge in [0, 0.05) is 50.9 Å². The van der Waals surface area contributed by atoms with Gasteiger partial charge in [0.05, 0.1) is 0 Å². The lowest BCUT2D eigenvalue weighted by Crippen LogP contribution is -2.46. The first-order valence-corrected chi connectivity index (χ1v) is 10.0. The van der Waals surface area contributed by atoms with Crippen molar-refractivity contribution in [3.63, 3.8) is 0 Å². The van der Waals surface area contributed by atoms with Crippen molar-refractivity contribution in [2.45, 2.75) is 52.7 Å². The molecule has 2 unspecified atom stereocenters. The summed E-state index contributed by atoms with van der Waals surface area (Å²) in [7, 11) is 1.80. The van der Waals surface area contributed by atoms with Gasteiger partial charge in [0.15, 0.2) is 5.96 Å². The minimum absolute atomic E-state index is 0.0187. The summed E-state index contributed by atoms with van der Waals surface area (Å²) in [4.78, 5) is 19.0. The number of hydrogen-bond acceptors (Lipinski definition) is 3. The second kappa shape index (κ2) is 10.3. The van der Waals surface area contributed by atoms with E-state index in [1.54, 1.807) is 7.05 Å². The number of carbonyl (C=O) groups excluding carboxylic acids is 1. The van der Waals surface area contributed by atoms with Crippen molar-refractivity contribution in [3.05, 3.63) is 35.4 Å². The number of likely N-dealkylation sites (tertiary alicyclic amines) is 1. The smallest absolute Gasteiger partial charge is 0.251 e. The second-order valence-electron chi connectivity index (χ2n) is 7.66. The monoisotopic (exact) mass is 373 g/mol. The molecule has 2 rings (SSSR count). The molecule has 1 fully saturated rings. The van der Waals surface area contributed by atoms with Gasteiger partial charge in [-0.05, 0) is 43.9 Å². The Morgan fingerprint density at radius 2 is 2.07 bits per heavy atom. The highest BCUT2D eigenvalue weighted by Crippen LogP contribution is 2.18. The summed E-state index contributed by atoms with van der Waals surface area (Å²) in [5, 5.41) is 9.85. The molecular formula is C21H35N5O. The van der Waals surface area contributed by atoms with E-state index in [1.165, 1.54) is 0 Å². The molecule has 1 aliphatic heterocycles. The van der Waals surface area contributed by atoms with Crippen LogP contribution in [0, 0.1) is 5.92 Å². The number of carbonyl (C=O) groups is 1. The fourth-order valence-electron chi connectivity index (χ4n) is 3.33. The topological polar surface area (TPSA) is 68.8 Å². The zero-order valence-electron chi connectivity index (χ0n) is 17.4. The van der Waals surface area contributed by atoms with E-state index in [9.17, 15) is 4.79 Å². The molecule has 1 aliphatic rings. The van der Waals surface area contributed by atoms with Crippen molar-refractivity contribution < 1.29 is 4.79 Å². The number of nitrogens with zero attached hydrogens (tertiary/aromatic N) is 2. The van der Waals surface area contributed by atoms with E-state index < -0.39 is 0 Å². The number of rotatable bonds is 7. The molecular weight excluding hydrogens is 338 g/mol. The van der Waals surface area contributed by atoms with Gasteiger partial charge in [0.25, 0.3) is 5.91 Å². The predicted octanol–water partition coefficient (Wildman–Crippen LogP) is 2.22. The molecule has 0 aliphatic carbocycles. The molecule has 2 atom stereocenters. The first-order chi connectivity index (χ1) is 12.9. The largest absolute Gasteiger partial charge is 0.352 e. The summed E-state index contributed by atoms with van der Waals surface area (Å²) in [5.41, 5.74) is 1.76. The van der Waals surface area contributed by atoms with Crippen molar-refractivity contribution in [2.75, 3.05) is 26.7 Å². The lowest BCUT2D eigenvalue weighted by molar-refractivity contribution is 0.0953. The Morgan fingerprint density at radius 3 is 2.70 bits per heavy atom. The lowest BCUT2D eigenvalue weighted by Gasteiger charge is -2.22. The molecule has 0 radical (unpaired) electrons. The lowest BCUT2D eigenvalue weighted by atomic mass is 10.1. The number of amides is 1. The SMILES string of the molecule is CCCNC(=O)c1cccc(CNC(=NC)NC2CN(C(C)C)CC2C)c1. The maximum absolute atomic E-state index is 12.1. The van der Waals surface area contributed by atoms with Crippen LogP contribution < -0.4 is 16.0 Å². The quantitative estimate of drug-likeness (QED) is 0.506. The molecule has 6 nitrogen and oxygen atoms in total. The Kier molecular flexibility index (Phi) is 8.10. The van der Waals surface area contributed by atoms with Gasteiger partial charge in [-0.15, -0.1) is 0 Å². The van der Waals surface area contributed by atoms with Gasteiger partial charge in [-0.25, -0.2) is 0 Å². The van der Waals surface area contributed by atoms with Crippen LogP contribution in [0.4, 0.5) is 0 Å².